The van der Waals surface area contributed by atoms with Crippen molar-refractivity contribution in [3.05, 3.63) is 0 Å². The summed E-state index contributed by atoms with van der Waals surface area (Å²) in [4.78, 5) is 5.19. The summed E-state index contributed by atoms with van der Waals surface area (Å²) in [6, 6.07) is 1.07. The predicted octanol–water partition coefficient (Wildman–Crippen LogP) is 1.36. The van der Waals surface area contributed by atoms with Gasteiger partial charge in [0.1, 0.15) is 0 Å². The smallest absolute Gasteiger partial charge is 0.211 e. The van der Waals surface area contributed by atoms with Crippen molar-refractivity contribution < 1.29 is 8.42 Å². The van der Waals surface area contributed by atoms with Gasteiger partial charge in [0.05, 0.1) is 6.26 Å². The van der Waals surface area contributed by atoms with Gasteiger partial charge in [0.25, 0.3) is 0 Å². The van der Waals surface area contributed by atoms with Crippen LogP contribution in [-0.2, 0) is 10.0 Å². The van der Waals surface area contributed by atoms with Gasteiger partial charge in [-0.1, -0.05) is 19.3 Å². The van der Waals surface area contributed by atoms with Crippen LogP contribution in [0.1, 0.15) is 46.0 Å². The van der Waals surface area contributed by atoms with Crippen molar-refractivity contribution in [1.29, 1.82) is 0 Å². The summed E-state index contributed by atoms with van der Waals surface area (Å²) in [5, 5.41) is 0. The van der Waals surface area contributed by atoms with E-state index < -0.39 is 10.0 Å². The van der Waals surface area contributed by atoms with Crippen molar-refractivity contribution >= 4 is 10.0 Å². The zero-order valence-electron chi connectivity index (χ0n) is 14.3. The first-order valence-electron chi connectivity index (χ1n) is 8.73. The maximum Gasteiger partial charge on any atom is 0.211 e. The van der Waals surface area contributed by atoms with E-state index >= 15 is 0 Å². The minimum atomic E-state index is -3.10. The van der Waals surface area contributed by atoms with Gasteiger partial charge >= 0.3 is 0 Å². The van der Waals surface area contributed by atoms with Crippen LogP contribution in [0.25, 0.3) is 0 Å². The van der Waals surface area contributed by atoms with Crippen LogP contribution in [0.2, 0.25) is 0 Å². The third-order valence-electron chi connectivity index (χ3n) is 5.83. The van der Waals surface area contributed by atoms with Gasteiger partial charge < -0.3 is 0 Å². The van der Waals surface area contributed by atoms with Crippen molar-refractivity contribution in [3.63, 3.8) is 0 Å². The lowest BCUT2D eigenvalue weighted by Gasteiger charge is -2.56. The van der Waals surface area contributed by atoms with Gasteiger partial charge in [-0.15, -0.1) is 0 Å². The van der Waals surface area contributed by atoms with E-state index in [1.807, 2.05) is 0 Å². The highest BCUT2D eigenvalue weighted by Gasteiger charge is 2.45. The molecule has 0 aromatic heterocycles. The summed E-state index contributed by atoms with van der Waals surface area (Å²) in [5.41, 5.74) is -0.0648. The molecule has 2 saturated heterocycles. The molecule has 128 valence electrons. The second-order valence-electron chi connectivity index (χ2n) is 8.00. The number of rotatable bonds is 2. The van der Waals surface area contributed by atoms with Crippen molar-refractivity contribution in [1.82, 2.24) is 14.1 Å². The van der Waals surface area contributed by atoms with E-state index in [4.69, 9.17) is 0 Å². The first kappa shape index (κ1) is 16.7. The Labute approximate surface area is 135 Å². The van der Waals surface area contributed by atoms with Crippen LogP contribution in [0.4, 0.5) is 0 Å². The van der Waals surface area contributed by atoms with E-state index in [9.17, 15) is 8.42 Å². The van der Waals surface area contributed by atoms with Gasteiger partial charge in [-0.25, -0.2) is 8.42 Å². The molecule has 0 radical (unpaired) electrons. The number of sulfonamides is 1. The first-order chi connectivity index (χ1) is 10.3. The van der Waals surface area contributed by atoms with E-state index in [0.29, 0.717) is 19.1 Å². The Morgan fingerprint density at radius 1 is 0.955 bits per heavy atom. The summed E-state index contributed by atoms with van der Waals surface area (Å²) in [5.74, 6) is 0. The molecule has 2 aliphatic heterocycles. The highest BCUT2D eigenvalue weighted by molar-refractivity contribution is 7.88. The van der Waals surface area contributed by atoms with Crippen LogP contribution in [0.3, 0.4) is 0 Å². The Bertz CT molecular complexity index is 500. The van der Waals surface area contributed by atoms with Crippen molar-refractivity contribution in [2.75, 3.05) is 39.0 Å². The van der Waals surface area contributed by atoms with Crippen LogP contribution in [-0.4, -0.2) is 79.1 Å². The fourth-order valence-electron chi connectivity index (χ4n) is 4.68. The second kappa shape index (κ2) is 6.04. The van der Waals surface area contributed by atoms with Gasteiger partial charge in [0.2, 0.25) is 10.0 Å². The van der Waals surface area contributed by atoms with Gasteiger partial charge in [0, 0.05) is 50.3 Å². The Kier molecular flexibility index (Phi) is 4.58. The van der Waals surface area contributed by atoms with Crippen LogP contribution in [0.5, 0.6) is 0 Å². The molecule has 0 spiro atoms. The lowest BCUT2D eigenvalue weighted by Crippen LogP contribution is -2.70. The largest absolute Gasteiger partial charge is 0.298 e. The first-order valence-corrected chi connectivity index (χ1v) is 10.6. The molecule has 3 rings (SSSR count). The Balaban J connectivity index is 1.73. The third-order valence-corrected chi connectivity index (χ3v) is 7.05. The predicted molar refractivity (Wildman–Crippen MR) is 89.4 cm³/mol. The van der Waals surface area contributed by atoms with E-state index in [1.165, 1.54) is 38.4 Å². The molecule has 0 amide bonds. The fourth-order valence-corrected chi connectivity index (χ4v) is 5.68. The van der Waals surface area contributed by atoms with Crippen LogP contribution in [0.15, 0.2) is 0 Å². The van der Waals surface area contributed by atoms with Gasteiger partial charge in [-0.2, -0.15) is 4.31 Å². The molecule has 1 atom stereocenters. The molecule has 0 aromatic carbocycles. The minimum absolute atomic E-state index is 0.0648. The summed E-state index contributed by atoms with van der Waals surface area (Å²) in [6.07, 6.45) is 8.10. The topological polar surface area (TPSA) is 43.9 Å². The average molecular weight is 330 g/mol. The number of piperazine rings is 2. The standard InChI is InChI=1S/C16H31N3O2S/c1-16(2)13-18(22(3,20)21)12-15-11-17(9-10-19(15)16)14-7-5-4-6-8-14/h14-15H,4-13H2,1-3H3/t15-/m0/s1. The molecular weight excluding hydrogens is 298 g/mol. The molecule has 3 aliphatic rings. The van der Waals surface area contributed by atoms with Gasteiger partial charge in [-0.05, 0) is 26.7 Å². The molecular formula is C16H31N3O2S. The lowest BCUT2D eigenvalue weighted by atomic mass is 9.90. The average Bonchev–Trinajstić information content (AvgIpc) is 2.46. The van der Waals surface area contributed by atoms with E-state index in [0.717, 1.165) is 25.7 Å². The van der Waals surface area contributed by atoms with Crippen molar-refractivity contribution in [2.24, 2.45) is 0 Å². The fraction of sp³-hybridized carbons (Fsp3) is 1.00. The molecule has 1 saturated carbocycles. The van der Waals surface area contributed by atoms with Gasteiger partial charge in [0.15, 0.2) is 0 Å². The summed E-state index contributed by atoms with van der Waals surface area (Å²) in [6.45, 7) is 8.90. The maximum atomic E-state index is 12.0. The summed E-state index contributed by atoms with van der Waals surface area (Å²) >= 11 is 0. The molecule has 5 nitrogen and oxygen atoms in total. The molecule has 6 heteroatoms. The lowest BCUT2D eigenvalue weighted by molar-refractivity contribution is -0.0560. The highest BCUT2D eigenvalue weighted by atomic mass is 32.2. The number of hydrogen-bond donors (Lipinski definition) is 0. The quantitative estimate of drug-likeness (QED) is 0.767. The molecule has 2 heterocycles. The number of nitrogens with zero attached hydrogens (tertiary/aromatic N) is 3. The maximum absolute atomic E-state index is 12.0. The normalized spacial score (nSPS) is 32.8. The zero-order chi connectivity index (χ0) is 16.0. The third kappa shape index (κ3) is 3.35. The van der Waals surface area contributed by atoms with E-state index in [2.05, 4.69) is 23.6 Å². The van der Waals surface area contributed by atoms with Crippen LogP contribution in [0, 0.1) is 0 Å². The zero-order valence-corrected chi connectivity index (χ0v) is 15.1. The molecule has 0 aromatic rings. The van der Waals surface area contributed by atoms with Gasteiger partial charge in [-0.3, -0.25) is 9.80 Å². The Morgan fingerprint density at radius 2 is 1.64 bits per heavy atom. The molecule has 3 fully saturated rings. The van der Waals surface area contributed by atoms with Crippen LogP contribution >= 0.6 is 0 Å². The summed E-state index contributed by atoms with van der Waals surface area (Å²) in [7, 11) is -3.10. The Hall–Kier alpha value is -0.170. The Morgan fingerprint density at radius 3 is 2.27 bits per heavy atom. The molecule has 1 aliphatic carbocycles. The molecule has 0 N–H and O–H groups in total. The highest BCUT2D eigenvalue weighted by Crippen LogP contribution is 2.31. The van der Waals surface area contributed by atoms with E-state index in [-0.39, 0.29) is 5.54 Å². The van der Waals surface area contributed by atoms with Crippen LogP contribution < -0.4 is 0 Å². The number of fused-ring (bicyclic) bond motifs is 1. The second-order valence-corrected chi connectivity index (χ2v) is 9.98. The SMILES string of the molecule is CC1(C)CN(S(C)(=O)=O)C[C@@H]2CN(C3CCCCC3)CCN21. The van der Waals surface area contributed by atoms with Crippen molar-refractivity contribution in [2.45, 2.75) is 63.6 Å². The summed E-state index contributed by atoms with van der Waals surface area (Å²) < 4.78 is 25.7. The molecule has 0 bridgehead atoms. The number of hydrogen-bond acceptors (Lipinski definition) is 4. The molecule has 0 unspecified atom stereocenters. The van der Waals surface area contributed by atoms with Crippen molar-refractivity contribution in [3.8, 4) is 0 Å². The molecule has 22 heavy (non-hydrogen) atoms. The monoisotopic (exact) mass is 329 g/mol. The minimum Gasteiger partial charge on any atom is -0.298 e. The van der Waals surface area contributed by atoms with E-state index in [1.54, 1.807) is 4.31 Å².